The van der Waals surface area contributed by atoms with E-state index in [0.29, 0.717) is 13.2 Å². The van der Waals surface area contributed by atoms with Crippen molar-refractivity contribution >= 4 is 6.09 Å². The minimum Gasteiger partial charge on any atom is -0.446 e. The van der Waals surface area contributed by atoms with Gasteiger partial charge in [0.1, 0.15) is 6.10 Å². The highest BCUT2D eigenvalue weighted by molar-refractivity contribution is 5.67. The lowest BCUT2D eigenvalue weighted by Crippen LogP contribution is -2.26. The summed E-state index contributed by atoms with van der Waals surface area (Å²) in [7, 11) is 1.64. The molecule has 0 aromatic heterocycles. The predicted molar refractivity (Wildman–Crippen MR) is 44.0 cm³/mol. The van der Waals surface area contributed by atoms with Crippen molar-refractivity contribution in [1.29, 1.82) is 0 Å². The fourth-order valence-corrected chi connectivity index (χ4v) is 0.786. The molecule has 0 unspecified atom stereocenters. The van der Waals surface area contributed by atoms with Gasteiger partial charge in [-0.25, -0.2) is 4.79 Å². The zero-order chi connectivity index (χ0) is 8.81. The van der Waals surface area contributed by atoms with Crippen LogP contribution in [0.1, 0.15) is 19.3 Å². The molecule has 1 amide bonds. The highest BCUT2D eigenvalue weighted by Gasteiger charge is 2.25. The number of nitrogens with one attached hydrogen (secondary N) is 1. The molecule has 1 aliphatic carbocycles. The molecule has 0 aliphatic heterocycles. The molecule has 0 heterocycles. The third-order valence-electron chi connectivity index (χ3n) is 1.59. The second-order valence-corrected chi connectivity index (χ2v) is 2.88. The van der Waals surface area contributed by atoms with Gasteiger partial charge in [-0.2, -0.15) is 0 Å². The minimum atomic E-state index is -0.298. The third kappa shape index (κ3) is 4.18. The van der Waals surface area contributed by atoms with Crippen LogP contribution in [0.25, 0.3) is 0 Å². The van der Waals surface area contributed by atoms with Crippen molar-refractivity contribution in [2.45, 2.75) is 25.4 Å². The maximum absolute atomic E-state index is 10.9. The molecule has 1 fully saturated rings. The Morgan fingerprint density at radius 2 is 2.33 bits per heavy atom. The van der Waals surface area contributed by atoms with E-state index in [4.69, 9.17) is 9.47 Å². The average Bonchev–Trinajstić information content (AvgIpc) is 2.82. The smallest absolute Gasteiger partial charge is 0.407 e. The van der Waals surface area contributed by atoms with E-state index in [-0.39, 0.29) is 12.2 Å². The van der Waals surface area contributed by atoms with Gasteiger partial charge in [-0.3, -0.25) is 0 Å². The third-order valence-corrected chi connectivity index (χ3v) is 1.59. The van der Waals surface area contributed by atoms with Crippen LogP contribution in [-0.2, 0) is 9.47 Å². The van der Waals surface area contributed by atoms with Crippen LogP contribution in [0.3, 0.4) is 0 Å². The molecule has 1 aliphatic rings. The minimum absolute atomic E-state index is 0.187. The van der Waals surface area contributed by atoms with Gasteiger partial charge in [0.05, 0.1) is 0 Å². The summed E-state index contributed by atoms with van der Waals surface area (Å²) in [6, 6.07) is 0. The first-order chi connectivity index (χ1) is 5.83. The highest BCUT2D eigenvalue weighted by Crippen LogP contribution is 2.23. The fraction of sp³-hybridized carbons (Fsp3) is 0.875. The zero-order valence-electron chi connectivity index (χ0n) is 7.34. The first kappa shape index (κ1) is 9.32. The van der Waals surface area contributed by atoms with Crippen LogP contribution in [0.15, 0.2) is 0 Å². The van der Waals surface area contributed by atoms with E-state index in [1.807, 2.05) is 0 Å². The van der Waals surface area contributed by atoms with Gasteiger partial charge in [0.15, 0.2) is 0 Å². The molecular formula is C8H15NO3. The van der Waals surface area contributed by atoms with E-state index >= 15 is 0 Å². The van der Waals surface area contributed by atoms with Gasteiger partial charge in [-0.1, -0.05) is 0 Å². The van der Waals surface area contributed by atoms with Gasteiger partial charge in [0, 0.05) is 20.3 Å². The van der Waals surface area contributed by atoms with Gasteiger partial charge >= 0.3 is 6.09 Å². The zero-order valence-corrected chi connectivity index (χ0v) is 7.34. The normalized spacial score (nSPS) is 15.8. The van der Waals surface area contributed by atoms with Crippen LogP contribution in [0.2, 0.25) is 0 Å². The summed E-state index contributed by atoms with van der Waals surface area (Å²) in [4.78, 5) is 10.9. The van der Waals surface area contributed by atoms with Gasteiger partial charge in [0.2, 0.25) is 0 Å². The molecule has 70 valence electrons. The predicted octanol–water partition coefficient (Wildman–Crippen LogP) is 0.911. The van der Waals surface area contributed by atoms with Crippen molar-refractivity contribution < 1.29 is 14.3 Å². The molecular weight excluding hydrogens is 158 g/mol. The van der Waals surface area contributed by atoms with Gasteiger partial charge < -0.3 is 14.8 Å². The Kier molecular flexibility index (Phi) is 3.87. The Labute approximate surface area is 72.2 Å². The number of amides is 1. The number of carbonyl (C=O) groups is 1. The molecule has 1 saturated carbocycles. The highest BCUT2D eigenvalue weighted by atomic mass is 16.6. The molecule has 0 aromatic rings. The summed E-state index contributed by atoms with van der Waals surface area (Å²) in [5, 5.41) is 2.65. The Hall–Kier alpha value is -0.770. The Balaban J connectivity index is 1.87. The molecule has 0 atom stereocenters. The molecule has 0 aromatic carbocycles. The molecule has 1 N–H and O–H groups in total. The molecule has 0 bridgehead atoms. The van der Waals surface area contributed by atoms with E-state index < -0.39 is 0 Å². The Bertz CT molecular complexity index is 145. The van der Waals surface area contributed by atoms with Crippen molar-refractivity contribution in [3.05, 3.63) is 0 Å². The molecule has 0 saturated heterocycles. The number of hydrogen-bond acceptors (Lipinski definition) is 3. The number of carbonyl (C=O) groups excluding carboxylic acids is 1. The quantitative estimate of drug-likeness (QED) is 0.629. The molecule has 0 spiro atoms. The second-order valence-electron chi connectivity index (χ2n) is 2.88. The second kappa shape index (κ2) is 4.98. The number of hydrogen-bond donors (Lipinski definition) is 1. The average molecular weight is 173 g/mol. The largest absolute Gasteiger partial charge is 0.446 e. The summed E-state index contributed by atoms with van der Waals surface area (Å²) in [6.45, 7) is 1.29. The molecule has 4 nitrogen and oxygen atoms in total. The molecule has 1 rings (SSSR count). The molecule has 12 heavy (non-hydrogen) atoms. The van der Waals surface area contributed by atoms with E-state index in [0.717, 1.165) is 19.3 Å². The van der Waals surface area contributed by atoms with Crippen molar-refractivity contribution in [2.75, 3.05) is 20.3 Å². The van der Waals surface area contributed by atoms with Crippen LogP contribution in [-0.4, -0.2) is 32.5 Å². The lowest BCUT2D eigenvalue weighted by molar-refractivity contribution is 0.137. The monoisotopic (exact) mass is 173 g/mol. The number of methoxy groups -OCH3 is 1. The summed E-state index contributed by atoms with van der Waals surface area (Å²) >= 11 is 0. The Morgan fingerprint density at radius 1 is 1.58 bits per heavy atom. The van der Waals surface area contributed by atoms with Gasteiger partial charge in [0.25, 0.3) is 0 Å². The van der Waals surface area contributed by atoms with Crippen molar-refractivity contribution in [3.63, 3.8) is 0 Å². The van der Waals surface area contributed by atoms with E-state index in [1.54, 1.807) is 7.11 Å². The molecule has 0 radical (unpaired) electrons. The Morgan fingerprint density at radius 3 is 2.92 bits per heavy atom. The first-order valence-corrected chi connectivity index (χ1v) is 4.26. The van der Waals surface area contributed by atoms with Crippen molar-refractivity contribution in [3.8, 4) is 0 Å². The van der Waals surface area contributed by atoms with E-state index in [9.17, 15) is 4.79 Å². The van der Waals surface area contributed by atoms with Gasteiger partial charge in [-0.05, 0) is 19.3 Å². The van der Waals surface area contributed by atoms with Crippen molar-refractivity contribution in [2.24, 2.45) is 0 Å². The first-order valence-electron chi connectivity index (χ1n) is 4.26. The van der Waals surface area contributed by atoms with Crippen LogP contribution >= 0.6 is 0 Å². The standard InChI is InChI=1S/C8H15NO3/c1-11-6-2-5-9-8(10)12-7-3-4-7/h7H,2-6H2,1H3,(H,9,10). The number of ether oxygens (including phenoxy) is 2. The van der Waals surface area contributed by atoms with Crippen LogP contribution in [0, 0.1) is 0 Å². The SMILES string of the molecule is COCCCNC(=O)OC1CC1. The van der Waals surface area contributed by atoms with E-state index in [1.165, 1.54) is 0 Å². The summed E-state index contributed by atoms with van der Waals surface area (Å²) in [5.41, 5.74) is 0. The number of rotatable bonds is 5. The fourth-order valence-electron chi connectivity index (χ4n) is 0.786. The molecule has 4 heteroatoms. The van der Waals surface area contributed by atoms with Crippen LogP contribution in [0.5, 0.6) is 0 Å². The van der Waals surface area contributed by atoms with Gasteiger partial charge in [-0.15, -0.1) is 0 Å². The lowest BCUT2D eigenvalue weighted by Gasteiger charge is -2.04. The summed E-state index contributed by atoms with van der Waals surface area (Å²) in [5.74, 6) is 0. The topological polar surface area (TPSA) is 47.6 Å². The maximum Gasteiger partial charge on any atom is 0.407 e. The van der Waals surface area contributed by atoms with Crippen LogP contribution < -0.4 is 5.32 Å². The van der Waals surface area contributed by atoms with Crippen molar-refractivity contribution in [1.82, 2.24) is 5.32 Å². The number of alkyl carbamates (subject to hydrolysis) is 1. The van der Waals surface area contributed by atoms with E-state index in [2.05, 4.69) is 5.32 Å². The lowest BCUT2D eigenvalue weighted by atomic mass is 10.4. The van der Waals surface area contributed by atoms with Crippen LogP contribution in [0.4, 0.5) is 4.79 Å². The summed E-state index contributed by atoms with van der Waals surface area (Å²) < 4.78 is 9.78. The maximum atomic E-state index is 10.9. The summed E-state index contributed by atoms with van der Waals surface area (Å²) in [6.07, 6.45) is 2.76.